The molecule has 0 aliphatic heterocycles. The molecule has 0 bridgehead atoms. The van der Waals surface area contributed by atoms with E-state index in [9.17, 15) is 14.4 Å². The van der Waals surface area contributed by atoms with Gasteiger partial charge in [0.15, 0.2) is 0 Å². The minimum atomic E-state index is -0.482. The first-order valence-electron chi connectivity index (χ1n) is 12.8. The summed E-state index contributed by atoms with van der Waals surface area (Å²) in [5.41, 5.74) is 2.40. The van der Waals surface area contributed by atoms with Crippen LogP contribution in [0, 0.1) is 0 Å². The van der Waals surface area contributed by atoms with Crippen molar-refractivity contribution in [1.29, 1.82) is 0 Å². The third-order valence-corrected chi connectivity index (χ3v) is 6.87. The number of hydrogen-bond donors (Lipinski definition) is 3. The zero-order chi connectivity index (χ0) is 29.0. The van der Waals surface area contributed by atoms with Crippen LogP contribution in [-0.4, -0.2) is 30.1 Å². The molecular formula is C32H28ClN3O4S. The molecule has 0 saturated carbocycles. The van der Waals surface area contributed by atoms with E-state index >= 15 is 0 Å². The quantitative estimate of drug-likeness (QED) is 0.132. The first-order chi connectivity index (χ1) is 19.9. The molecule has 0 atom stereocenters. The number of thioether (sulfide) groups is 1. The summed E-state index contributed by atoms with van der Waals surface area (Å²) < 4.78 is 5.49. The standard InChI is InChI=1S/C32H28ClN3O4S/c1-2-40-27-15-11-22(12-16-27)19-29(36-31(38)23-7-4-3-5-8-23)32(39)35-25-13-17-28(18-14-25)41-21-30(37)34-26-10-6-9-24(33)20-26/h3-20H,2,21H2,1H3,(H,34,37)(H,35,39)(H,36,38)/b29-19-. The second-order valence-electron chi connectivity index (χ2n) is 8.71. The lowest BCUT2D eigenvalue weighted by Gasteiger charge is -2.12. The molecule has 0 spiro atoms. The molecule has 9 heteroatoms. The van der Waals surface area contributed by atoms with Crippen LogP contribution >= 0.6 is 23.4 Å². The average molecular weight is 586 g/mol. The van der Waals surface area contributed by atoms with Gasteiger partial charge in [-0.25, -0.2) is 0 Å². The number of rotatable bonds is 11. The van der Waals surface area contributed by atoms with Gasteiger partial charge in [-0.1, -0.05) is 48.0 Å². The molecule has 0 aliphatic carbocycles. The van der Waals surface area contributed by atoms with Crippen LogP contribution in [0.15, 0.2) is 114 Å². The third kappa shape index (κ3) is 9.27. The average Bonchev–Trinajstić information content (AvgIpc) is 2.98. The van der Waals surface area contributed by atoms with Crippen molar-refractivity contribution in [3.05, 3.63) is 125 Å². The predicted octanol–water partition coefficient (Wildman–Crippen LogP) is 6.88. The van der Waals surface area contributed by atoms with Crippen LogP contribution in [0.4, 0.5) is 11.4 Å². The fourth-order valence-electron chi connectivity index (χ4n) is 3.68. The zero-order valence-electron chi connectivity index (χ0n) is 22.2. The summed E-state index contributed by atoms with van der Waals surface area (Å²) in [6, 6.07) is 29.9. The number of amides is 3. The summed E-state index contributed by atoms with van der Waals surface area (Å²) in [5.74, 6) is -0.124. The fraction of sp³-hybridized carbons (Fsp3) is 0.0938. The Morgan fingerprint density at radius 3 is 2.24 bits per heavy atom. The molecule has 0 heterocycles. The predicted molar refractivity (Wildman–Crippen MR) is 165 cm³/mol. The van der Waals surface area contributed by atoms with Crippen LogP contribution in [0.5, 0.6) is 5.75 Å². The number of carbonyl (C=O) groups excluding carboxylic acids is 3. The smallest absolute Gasteiger partial charge is 0.272 e. The molecule has 0 aliphatic rings. The lowest BCUT2D eigenvalue weighted by atomic mass is 10.1. The van der Waals surface area contributed by atoms with Crippen LogP contribution in [0.1, 0.15) is 22.8 Å². The van der Waals surface area contributed by atoms with Gasteiger partial charge < -0.3 is 20.7 Å². The largest absolute Gasteiger partial charge is 0.494 e. The maximum atomic E-state index is 13.3. The Labute approximate surface area is 248 Å². The van der Waals surface area contributed by atoms with Gasteiger partial charge in [-0.3, -0.25) is 14.4 Å². The summed E-state index contributed by atoms with van der Waals surface area (Å²) in [4.78, 5) is 39.3. The van der Waals surface area contributed by atoms with Gasteiger partial charge in [0.1, 0.15) is 11.4 Å². The van der Waals surface area contributed by atoms with Crippen LogP contribution < -0.4 is 20.7 Å². The van der Waals surface area contributed by atoms with Crippen molar-refractivity contribution in [2.75, 3.05) is 23.0 Å². The monoisotopic (exact) mass is 585 g/mol. The van der Waals surface area contributed by atoms with E-state index in [0.29, 0.717) is 34.3 Å². The maximum Gasteiger partial charge on any atom is 0.272 e. The molecule has 0 unspecified atom stereocenters. The van der Waals surface area contributed by atoms with E-state index in [4.69, 9.17) is 16.3 Å². The highest BCUT2D eigenvalue weighted by Crippen LogP contribution is 2.22. The number of anilines is 2. The molecule has 4 rings (SSSR count). The van der Waals surface area contributed by atoms with E-state index in [1.807, 2.05) is 37.3 Å². The van der Waals surface area contributed by atoms with Crippen molar-refractivity contribution in [2.45, 2.75) is 11.8 Å². The second kappa shape index (κ2) is 14.7. The van der Waals surface area contributed by atoms with Gasteiger partial charge in [0.25, 0.3) is 11.8 Å². The fourth-order valence-corrected chi connectivity index (χ4v) is 4.57. The summed E-state index contributed by atoms with van der Waals surface area (Å²) in [5, 5.41) is 8.92. The minimum Gasteiger partial charge on any atom is -0.494 e. The molecule has 0 aromatic heterocycles. The van der Waals surface area contributed by atoms with Crippen molar-refractivity contribution in [2.24, 2.45) is 0 Å². The first-order valence-corrected chi connectivity index (χ1v) is 14.2. The van der Waals surface area contributed by atoms with Crippen molar-refractivity contribution >= 4 is 58.5 Å². The van der Waals surface area contributed by atoms with Crippen molar-refractivity contribution in [3.8, 4) is 5.75 Å². The van der Waals surface area contributed by atoms with Gasteiger partial charge in [0.05, 0.1) is 12.4 Å². The number of nitrogens with one attached hydrogen (secondary N) is 3. The number of halogens is 1. The summed E-state index contributed by atoms with van der Waals surface area (Å²) >= 11 is 7.33. The Hall–Kier alpha value is -4.53. The number of carbonyl (C=O) groups is 3. The SMILES string of the molecule is CCOc1ccc(/C=C(\NC(=O)c2ccccc2)C(=O)Nc2ccc(SCC(=O)Nc3cccc(Cl)c3)cc2)cc1. The van der Waals surface area contributed by atoms with Crippen molar-refractivity contribution in [1.82, 2.24) is 5.32 Å². The molecule has 0 saturated heterocycles. The Kier molecular flexibility index (Phi) is 10.6. The van der Waals surface area contributed by atoms with Crippen LogP contribution in [-0.2, 0) is 9.59 Å². The molecule has 7 nitrogen and oxygen atoms in total. The van der Waals surface area contributed by atoms with Crippen LogP contribution in [0.25, 0.3) is 6.08 Å². The Bertz CT molecular complexity index is 1530. The molecule has 208 valence electrons. The Balaban J connectivity index is 1.41. The highest BCUT2D eigenvalue weighted by atomic mass is 35.5. The highest BCUT2D eigenvalue weighted by Gasteiger charge is 2.15. The highest BCUT2D eigenvalue weighted by molar-refractivity contribution is 8.00. The lowest BCUT2D eigenvalue weighted by Crippen LogP contribution is -2.30. The van der Waals surface area contributed by atoms with E-state index in [0.717, 1.165) is 10.5 Å². The topological polar surface area (TPSA) is 96.5 Å². The second-order valence-corrected chi connectivity index (χ2v) is 10.2. The molecule has 3 N–H and O–H groups in total. The van der Waals surface area contributed by atoms with Crippen LogP contribution in [0.2, 0.25) is 5.02 Å². The van der Waals surface area contributed by atoms with Gasteiger partial charge in [-0.15, -0.1) is 11.8 Å². The normalized spacial score (nSPS) is 10.9. The minimum absolute atomic E-state index is 0.0825. The molecule has 4 aromatic carbocycles. The van der Waals surface area contributed by atoms with E-state index in [1.54, 1.807) is 78.9 Å². The van der Waals surface area contributed by atoms with Gasteiger partial charge in [-0.05, 0) is 85.3 Å². The molecule has 0 fully saturated rings. The van der Waals surface area contributed by atoms with Crippen LogP contribution in [0.3, 0.4) is 0 Å². The third-order valence-electron chi connectivity index (χ3n) is 5.62. The van der Waals surface area contributed by atoms with E-state index in [-0.39, 0.29) is 17.4 Å². The van der Waals surface area contributed by atoms with Gasteiger partial charge in [-0.2, -0.15) is 0 Å². The molecule has 41 heavy (non-hydrogen) atoms. The first kappa shape index (κ1) is 29.5. The molecule has 4 aromatic rings. The molecule has 0 radical (unpaired) electrons. The van der Waals surface area contributed by atoms with Gasteiger partial charge in [0, 0.05) is 26.9 Å². The maximum absolute atomic E-state index is 13.3. The zero-order valence-corrected chi connectivity index (χ0v) is 23.8. The Morgan fingerprint density at radius 1 is 0.829 bits per heavy atom. The number of ether oxygens (including phenoxy) is 1. The Morgan fingerprint density at radius 2 is 1.56 bits per heavy atom. The summed E-state index contributed by atoms with van der Waals surface area (Å²) in [7, 11) is 0. The van der Waals surface area contributed by atoms with E-state index in [2.05, 4.69) is 16.0 Å². The van der Waals surface area contributed by atoms with Gasteiger partial charge in [0.2, 0.25) is 5.91 Å². The van der Waals surface area contributed by atoms with E-state index < -0.39 is 11.8 Å². The van der Waals surface area contributed by atoms with E-state index in [1.165, 1.54) is 11.8 Å². The summed E-state index contributed by atoms with van der Waals surface area (Å²) in [6.45, 7) is 2.45. The van der Waals surface area contributed by atoms with Crippen molar-refractivity contribution < 1.29 is 19.1 Å². The molecule has 3 amide bonds. The lowest BCUT2D eigenvalue weighted by molar-refractivity contribution is -0.114. The molecular weight excluding hydrogens is 558 g/mol. The van der Waals surface area contributed by atoms with Gasteiger partial charge >= 0.3 is 0 Å². The number of benzene rings is 4. The summed E-state index contributed by atoms with van der Waals surface area (Å²) in [6.07, 6.45) is 1.61. The van der Waals surface area contributed by atoms with Crippen molar-refractivity contribution in [3.63, 3.8) is 0 Å². The number of hydrogen-bond acceptors (Lipinski definition) is 5.